The van der Waals surface area contributed by atoms with Crippen LogP contribution in [0.2, 0.25) is 0 Å². The van der Waals surface area contributed by atoms with Gasteiger partial charge < -0.3 is 0 Å². The molecule has 290 valence electrons. The average molecular weight is 827 g/mol. The van der Waals surface area contributed by atoms with E-state index in [-0.39, 0.29) is 0 Å². The van der Waals surface area contributed by atoms with Crippen LogP contribution in [-0.4, -0.2) is 19.9 Å². The molecule has 0 unspecified atom stereocenters. The molecule has 4 heterocycles. The number of hydrogen-bond donors (Lipinski definition) is 0. The zero-order chi connectivity index (χ0) is 41.0. The summed E-state index contributed by atoms with van der Waals surface area (Å²) in [5, 5.41) is 4.56. The molecular formula is C56H34N4S2. The lowest BCUT2D eigenvalue weighted by Crippen LogP contribution is -1.94. The van der Waals surface area contributed by atoms with E-state index >= 15 is 0 Å². The largest absolute Gasteiger partial charge is 0.227 e. The highest BCUT2D eigenvalue weighted by Crippen LogP contribution is 2.42. The van der Waals surface area contributed by atoms with Crippen molar-refractivity contribution in [1.29, 1.82) is 0 Å². The van der Waals surface area contributed by atoms with Gasteiger partial charge in [-0.05, 0) is 45.5 Å². The Hall–Kier alpha value is -7.64. The number of benzene rings is 8. The van der Waals surface area contributed by atoms with Crippen molar-refractivity contribution in [2.75, 3.05) is 0 Å². The molecule has 12 rings (SSSR count). The van der Waals surface area contributed by atoms with Gasteiger partial charge in [-0.2, -0.15) is 0 Å². The standard InChI is InChI=1S/C56H34N4S2/c1-3-11-35(12-4-1)37-19-27-41(28-20-37)51-49-45-15-7-9-17-47(45)61-55(49)59-53(57-51)43-31-23-39(24-32-43)40-25-33-44(34-26-40)54-58-52(50-46-16-8-10-18-48(46)62-56(50)60-54)42-29-21-38(22-30-42)36-13-5-2-6-14-36/h1-34H. The van der Waals surface area contributed by atoms with Gasteiger partial charge in [-0.25, -0.2) is 19.9 Å². The third kappa shape index (κ3) is 6.45. The molecular weight excluding hydrogens is 793 g/mol. The third-order valence-electron chi connectivity index (χ3n) is 11.6. The Kier molecular flexibility index (Phi) is 8.84. The van der Waals surface area contributed by atoms with Crippen LogP contribution in [0.25, 0.3) is 119 Å². The Morgan fingerprint density at radius 3 is 0.903 bits per heavy atom. The van der Waals surface area contributed by atoms with Crippen molar-refractivity contribution in [1.82, 2.24) is 19.9 Å². The minimum atomic E-state index is 0.715. The molecule has 0 radical (unpaired) electrons. The predicted octanol–water partition coefficient (Wildman–Crippen LogP) is 15.7. The Morgan fingerprint density at radius 1 is 0.242 bits per heavy atom. The maximum absolute atomic E-state index is 5.28. The molecule has 0 bridgehead atoms. The molecule has 8 aromatic carbocycles. The molecule has 0 aliphatic rings. The van der Waals surface area contributed by atoms with Crippen molar-refractivity contribution in [2.45, 2.75) is 0 Å². The fourth-order valence-electron chi connectivity index (χ4n) is 8.45. The average Bonchev–Trinajstić information content (AvgIpc) is 3.93. The monoisotopic (exact) mass is 826 g/mol. The number of rotatable bonds is 7. The molecule has 6 heteroatoms. The van der Waals surface area contributed by atoms with Gasteiger partial charge in [-0.15, -0.1) is 22.7 Å². The predicted molar refractivity (Wildman–Crippen MR) is 261 cm³/mol. The quantitative estimate of drug-likeness (QED) is 0.161. The summed E-state index contributed by atoms with van der Waals surface area (Å²) in [6.45, 7) is 0. The fourth-order valence-corrected chi connectivity index (χ4v) is 10.6. The summed E-state index contributed by atoms with van der Waals surface area (Å²) in [5.41, 5.74) is 13.0. The summed E-state index contributed by atoms with van der Waals surface area (Å²) < 4.78 is 2.41. The lowest BCUT2D eigenvalue weighted by molar-refractivity contribution is 1.24. The Labute approximate surface area is 366 Å². The van der Waals surface area contributed by atoms with Crippen LogP contribution in [0.1, 0.15) is 0 Å². The first-order chi connectivity index (χ1) is 30.7. The first-order valence-corrected chi connectivity index (χ1v) is 22.2. The normalized spacial score (nSPS) is 11.5. The summed E-state index contributed by atoms with van der Waals surface area (Å²) in [6.07, 6.45) is 0. The number of aromatic nitrogens is 4. The Bertz CT molecular complexity index is 3340. The van der Waals surface area contributed by atoms with Crippen LogP contribution in [0.4, 0.5) is 0 Å². The first-order valence-electron chi connectivity index (χ1n) is 20.6. The van der Waals surface area contributed by atoms with Crippen molar-refractivity contribution in [3.63, 3.8) is 0 Å². The Morgan fingerprint density at radius 2 is 0.532 bits per heavy atom. The highest BCUT2D eigenvalue weighted by Gasteiger charge is 2.19. The van der Waals surface area contributed by atoms with Gasteiger partial charge >= 0.3 is 0 Å². The van der Waals surface area contributed by atoms with E-state index in [9.17, 15) is 0 Å². The molecule has 0 amide bonds. The second-order valence-electron chi connectivity index (χ2n) is 15.4. The first kappa shape index (κ1) is 36.2. The van der Waals surface area contributed by atoms with Crippen LogP contribution >= 0.6 is 22.7 Å². The highest BCUT2D eigenvalue weighted by molar-refractivity contribution is 7.26. The van der Waals surface area contributed by atoms with Crippen LogP contribution in [0, 0.1) is 0 Å². The van der Waals surface area contributed by atoms with Gasteiger partial charge in [0.1, 0.15) is 9.66 Å². The molecule has 62 heavy (non-hydrogen) atoms. The van der Waals surface area contributed by atoms with E-state index in [4.69, 9.17) is 19.9 Å². The molecule has 0 saturated carbocycles. The zero-order valence-electron chi connectivity index (χ0n) is 33.2. The van der Waals surface area contributed by atoms with E-state index in [0.717, 1.165) is 65.2 Å². The van der Waals surface area contributed by atoms with Gasteiger partial charge in [0, 0.05) is 53.2 Å². The topological polar surface area (TPSA) is 51.6 Å². The summed E-state index contributed by atoms with van der Waals surface area (Å²) in [6, 6.07) is 72.7. The van der Waals surface area contributed by atoms with Gasteiger partial charge in [0.15, 0.2) is 11.6 Å². The number of thiophene rings is 2. The van der Waals surface area contributed by atoms with Crippen LogP contribution in [-0.2, 0) is 0 Å². The summed E-state index contributed by atoms with van der Waals surface area (Å²) in [5.74, 6) is 1.43. The van der Waals surface area contributed by atoms with Gasteiger partial charge in [0.25, 0.3) is 0 Å². The molecule has 0 aliphatic carbocycles. The van der Waals surface area contributed by atoms with E-state index < -0.39 is 0 Å². The van der Waals surface area contributed by atoms with E-state index in [1.54, 1.807) is 22.7 Å². The number of fused-ring (bicyclic) bond motifs is 6. The van der Waals surface area contributed by atoms with E-state index in [2.05, 4.69) is 194 Å². The third-order valence-corrected chi connectivity index (χ3v) is 13.8. The van der Waals surface area contributed by atoms with E-state index in [0.29, 0.717) is 11.6 Å². The van der Waals surface area contributed by atoms with Gasteiger partial charge in [-0.3, -0.25) is 0 Å². The summed E-state index contributed by atoms with van der Waals surface area (Å²) in [4.78, 5) is 22.8. The molecule has 0 atom stereocenters. The fraction of sp³-hybridized carbons (Fsp3) is 0. The molecule has 0 aliphatic heterocycles. The van der Waals surface area contributed by atoms with Gasteiger partial charge in [0.2, 0.25) is 0 Å². The smallest absolute Gasteiger partial charge is 0.161 e. The molecule has 0 N–H and O–H groups in total. The van der Waals surface area contributed by atoms with Crippen molar-refractivity contribution < 1.29 is 0 Å². The summed E-state index contributed by atoms with van der Waals surface area (Å²) >= 11 is 3.44. The van der Waals surface area contributed by atoms with Crippen LogP contribution in [0.3, 0.4) is 0 Å². The van der Waals surface area contributed by atoms with Crippen molar-refractivity contribution in [3.8, 4) is 78.7 Å². The SMILES string of the molecule is c1ccc(-c2ccc(-c3nc(-c4ccc(-c5ccc(-c6nc(-c7ccc(-c8ccccc8)cc7)c7c(n6)sc6ccccc67)cc5)cc4)nc4sc5ccccc5c34)cc2)cc1. The van der Waals surface area contributed by atoms with Crippen LogP contribution in [0.5, 0.6) is 0 Å². The van der Waals surface area contributed by atoms with Gasteiger partial charge in [0.05, 0.1) is 11.4 Å². The van der Waals surface area contributed by atoms with Crippen molar-refractivity contribution in [2.24, 2.45) is 0 Å². The lowest BCUT2D eigenvalue weighted by Gasteiger charge is -2.10. The molecule has 0 fully saturated rings. The van der Waals surface area contributed by atoms with Gasteiger partial charge in [-0.1, -0.05) is 194 Å². The zero-order valence-corrected chi connectivity index (χ0v) is 34.9. The minimum Gasteiger partial charge on any atom is -0.227 e. The van der Waals surface area contributed by atoms with Crippen LogP contribution in [0.15, 0.2) is 206 Å². The van der Waals surface area contributed by atoms with Crippen molar-refractivity contribution in [3.05, 3.63) is 206 Å². The van der Waals surface area contributed by atoms with Crippen molar-refractivity contribution >= 4 is 63.3 Å². The lowest BCUT2D eigenvalue weighted by atomic mass is 10.00. The number of nitrogens with zero attached hydrogens (tertiary/aromatic N) is 4. The summed E-state index contributed by atoms with van der Waals surface area (Å²) in [7, 11) is 0. The number of hydrogen-bond acceptors (Lipinski definition) is 6. The second kappa shape index (κ2) is 15.1. The highest BCUT2D eigenvalue weighted by atomic mass is 32.1. The van der Waals surface area contributed by atoms with E-state index in [1.165, 1.54) is 42.4 Å². The molecule has 0 saturated heterocycles. The molecule has 12 aromatic rings. The Balaban J connectivity index is 0.877. The maximum Gasteiger partial charge on any atom is 0.161 e. The minimum absolute atomic E-state index is 0.715. The molecule has 4 aromatic heterocycles. The maximum atomic E-state index is 5.28. The molecule has 0 spiro atoms. The van der Waals surface area contributed by atoms with E-state index in [1.807, 2.05) is 12.1 Å². The second-order valence-corrected chi connectivity index (χ2v) is 17.5. The molecule has 4 nitrogen and oxygen atoms in total. The van der Waals surface area contributed by atoms with Crippen LogP contribution < -0.4 is 0 Å².